The Kier molecular flexibility index (Phi) is 9.10. The highest BCUT2D eigenvalue weighted by Gasteiger charge is 2.15. The molecule has 0 saturated heterocycles. The summed E-state index contributed by atoms with van der Waals surface area (Å²) in [5, 5.41) is 6.38. The number of carbonyl (C=O) groups excluding carboxylic acids is 2. The van der Waals surface area contributed by atoms with Crippen LogP contribution in [0.3, 0.4) is 0 Å². The zero-order valence-electron chi connectivity index (χ0n) is 20.8. The molecule has 0 unspecified atom stereocenters. The zero-order chi connectivity index (χ0) is 26.9. The number of aromatic nitrogens is 2. The molecule has 0 bridgehead atoms. The number of nitrogens with one attached hydrogen (secondary N) is 2. The normalized spacial score (nSPS) is 10.8. The Balaban J connectivity index is 1.42. The molecular formula is C28H27FN4O4S. The number of benzene rings is 3. The van der Waals surface area contributed by atoms with Gasteiger partial charge in [-0.25, -0.2) is 9.37 Å². The number of ether oxygens (including phenoxy) is 1. The van der Waals surface area contributed by atoms with Gasteiger partial charge in [-0.2, -0.15) is 0 Å². The Morgan fingerprint density at radius 1 is 1.00 bits per heavy atom. The smallest absolute Gasteiger partial charge is 0.262 e. The van der Waals surface area contributed by atoms with Crippen LogP contribution in [0.1, 0.15) is 18.9 Å². The second kappa shape index (κ2) is 12.9. The van der Waals surface area contributed by atoms with Gasteiger partial charge in [0.05, 0.1) is 23.3 Å². The molecule has 2 amide bonds. The first-order valence-electron chi connectivity index (χ1n) is 12.1. The fourth-order valence-electron chi connectivity index (χ4n) is 3.69. The largest absolute Gasteiger partial charge is 0.494 e. The Morgan fingerprint density at radius 3 is 2.47 bits per heavy atom. The van der Waals surface area contributed by atoms with Crippen molar-refractivity contribution in [3.8, 4) is 5.75 Å². The van der Waals surface area contributed by atoms with E-state index >= 15 is 0 Å². The maximum absolute atomic E-state index is 13.2. The van der Waals surface area contributed by atoms with Gasteiger partial charge in [-0.3, -0.25) is 19.0 Å². The number of nitrogens with zero attached hydrogens (tertiary/aromatic N) is 2. The molecule has 0 aliphatic rings. The molecule has 4 aromatic rings. The van der Waals surface area contributed by atoms with Crippen molar-refractivity contribution in [3.05, 3.63) is 94.5 Å². The summed E-state index contributed by atoms with van der Waals surface area (Å²) >= 11 is 1.13. The van der Waals surface area contributed by atoms with E-state index in [2.05, 4.69) is 15.6 Å². The van der Waals surface area contributed by atoms with E-state index in [4.69, 9.17) is 4.74 Å². The number of anilines is 1. The summed E-state index contributed by atoms with van der Waals surface area (Å²) in [6.07, 6.45) is 0.0348. The quantitative estimate of drug-likeness (QED) is 0.219. The molecule has 4 rings (SSSR count). The van der Waals surface area contributed by atoms with E-state index < -0.39 is 0 Å². The average molecular weight is 535 g/mol. The molecule has 8 nitrogen and oxygen atoms in total. The van der Waals surface area contributed by atoms with Crippen LogP contribution in [-0.2, 0) is 22.7 Å². The van der Waals surface area contributed by atoms with Crippen molar-refractivity contribution in [2.24, 2.45) is 0 Å². The maximum atomic E-state index is 13.2. The van der Waals surface area contributed by atoms with Gasteiger partial charge in [0.2, 0.25) is 11.8 Å². The van der Waals surface area contributed by atoms with Crippen molar-refractivity contribution in [1.82, 2.24) is 14.9 Å². The highest BCUT2D eigenvalue weighted by atomic mass is 32.2. The van der Waals surface area contributed by atoms with Crippen molar-refractivity contribution in [2.75, 3.05) is 17.7 Å². The molecule has 38 heavy (non-hydrogen) atoms. The first-order chi connectivity index (χ1) is 18.4. The monoisotopic (exact) mass is 534 g/mol. The fraction of sp³-hybridized carbons (Fsp3) is 0.214. The third-order valence-electron chi connectivity index (χ3n) is 5.57. The molecule has 0 saturated carbocycles. The van der Waals surface area contributed by atoms with E-state index in [1.54, 1.807) is 60.7 Å². The molecule has 0 radical (unpaired) electrons. The predicted molar refractivity (Wildman–Crippen MR) is 146 cm³/mol. The minimum absolute atomic E-state index is 0.0226. The Bertz CT molecular complexity index is 1470. The third kappa shape index (κ3) is 7.19. The van der Waals surface area contributed by atoms with Gasteiger partial charge in [-0.15, -0.1) is 0 Å². The molecular weight excluding hydrogens is 507 g/mol. The predicted octanol–water partition coefficient (Wildman–Crippen LogP) is 4.37. The number of thioether (sulfide) groups is 1. The Labute approximate surface area is 223 Å². The summed E-state index contributed by atoms with van der Waals surface area (Å²) < 4.78 is 19.9. The van der Waals surface area contributed by atoms with Crippen LogP contribution >= 0.6 is 11.8 Å². The highest BCUT2D eigenvalue weighted by Crippen LogP contribution is 2.20. The summed E-state index contributed by atoms with van der Waals surface area (Å²) in [5.74, 6) is -0.134. The van der Waals surface area contributed by atoms with Crippen molar-refractivity contribution in [2.45, 2.75) is 31.6 Å². The fourth-order valence-corrected chi connectivity index (χ4v) is 4.51. The molecule has 0 atom stereocenters. The molecule has 3 aromatic carbocycles. The van der Waals surface area contributed by atoms with Crippen LogP contribution in [0.15, 0.2) is 82.7 Å². The zero-order valence-corrected chi connectivity index (χ0v) is 21.6. The average Bonchev–Trinajstić information content (AvgIpc) is 2.92. The number of hydrogen-bond acceptors (Lipinski definition) is 6. The van der Waals surface area contributed by atoms with Gasteiger partial charge in [-0.05, 0) is 61.0 Å². The van der Waals surface area contributed by atoms with Crippen LogP contribution in [0.2, 0.25) is 0 Å². The Morgan fingerprint density at radius 2 is 1.74 bits per heavy atom. The summed E-state index contributed by atoms with van der Waals surface area (Å²) in [7, 11) is 0. The third-order valence-corrected chi connectivity index (χ3v) is 6.55. The molecule has 0 aliphatic heterocycles. The van der Waals surface area contributed by atoms with Crippen LogP contribution in [0.25, 0.3) is 10.9 Å². The van der Waals surface area contributed by atoms with Gasteiger partial charge in [0.15, 0.2) is 5.16 Å². The summed E-state index contributed by atoms with van der Waals surface area (Å²) in [6, 6.07) is 19.9. The number of hydrogen-bond donors (Lipinski definition) is 2. The second-order valence-electron chi connectivity index (χ2n) is 8.32. The number of rotatable bonds is 11. The van der Waals surface area contributed by atoms with Gasteiger partial charge in [0.1, 0.15) is 11.6 Å². The first-order valence-corrected chi connectivity index (χ1v) is 13.1. The molecule has 0 spiro atoms. The lowest BCUT2D eigenvalue weighted by Crippen LogP contribution is -2.29. The minimum atomic E-state index is -0.346. The van der Waals surface area contributed by atoms with E-state index in [-0.39, 0.29) is 48.5 Å². The van der Waals surface area contributed by atoms with Crippen LogP contribution in [-0.4, -0.2) is 33.7 Å². The van der Waals surface area contributed by atoms with Crippen molar-refractivity contribution < 1.29 is 18.7 Å². The molecule has 0 aliphatic carbocycles. The maximum Gasteiger partial charge on any atom is 0.262 e. The van der Waals surface area contributed by atoms with Crippen LogP contribution < -0.4 is 20.9 Å². The van der Waals surface area contributed by atoms with Crippen LogP contribution in [0.4, 0.5) is 10.1 Å². The van der Waals surface area contributed by atoms with Gasteiger partial charge in [-0.1, -0.05) is 36.0 Å². The summed E-state index contributed by atoms with van der Waals surface area (Å²) in [4.78, 5) is 42.9. The van der Waals surface area contributed by atoms with Gasteiger partial charge in [0, 0.05) is 25.2 Å². The number of amides is 2. The van der Waals surface area contributed by atoms with Gasteiger partial charge in [0.25, 0.3) is 5.56 Å². The lowest BCUT2D eigenvalue weighted by atomic mass is 10.2. The highest BCUT2D eigenvalue weighted by molar-refractivity contribution is 7.99. The molecule has 1 aromatic heterocycles. The van der Waals surface area contributed by atoms with E-state index in [1.165, 1.54) is 16.7 Å². The van der Waals surface area contributed by atoms with E-state index in [0.29, 0.717) is 34.1 Å². The molecule has 196 valence electrons. The number of fused-ring (bicyclic) bond motifs is 1. The van der Waals surface area contributed by atoms with Gasteiger partial charge >= 0.3 is 0 Å². The van der Waals surface area contributed by atoms with Crippen molar-refractivity contribution in [1.29, 1.82) is 0 Å². The molecule has 1 heterocycles. The lowest BCUT2D eigenvalue weighted by Gasteiger charge is -2.13. The van der Waals surface area contributed by atoms with Crippen LogP contribution in [0, 0.1) is 5.82 Å². The van der Waals surface area contributed by atoms with E-state index in [9.17, 15) is 18.8 Å². The first kappa shape index (κ1) is 26.9. The summed E-state index contributed by atoms with van der Waals surface area (Å²) in [5.41, 5.74) is 1.63. The summed E-state index contributed by atoms with van der Waals surface area (Å²) in [6.45, 7) is 2.79. The second-order valence-corrected chi connectivity index (χ2v) is 9.26. The number of halogens is 1. The van der Waals surface area contributed by atoms with E-state index in [0.717, 1.165) is 17.3 Å². The molecule has 10 heteroatoms. The Hall–Kier alpha value is -4.18. The SMILES string of the molecule is CCOc1ccc(NC(=O)CSc2nc3ccccc3c(=O)n2CCC(=O)NCc2ccc(F)cc2)cc1. The standard InChI is InChI=1S/C28H27FN4O4S/c1-2-37-22-13-11-21(12-14-22)31-26(35)18-38-28-32-24-6-4-3-5-23(24)27(36)33(28)16-15-25(34)30-17-19-7-9-20(29)10-8-19/h3-14H,2,15-18H2,1H3,(H,30,34)(H,31,35). The topological polar surface area (TPSA) is 102 Å². The molecule has 0 fully saturated rings. The number of para-hydroxylation sites is 1. The lowest BCUT2D eigenvalue weighted by molar-refractivity contribution is -0.121. The molecule has 2 N–H and O–H groups in total. The van der Waals surface area contributed by atoms with Crippen molar-refractivity contribution >= 4 is 40.2 Å². The van der Waals surface area contributed by atoms with Crippen molar-refractivity contribution in [3.63, 3.8) is 0 Å². The van der Waals surface area contributed by atoms with Gasteiger partial charge < -0.3 is 15.4 Å². The number of carbonyl (C=O) groups is 2. The van der Waals surface area contributed by atoms with E-state index in [1.807, 2.05) is 6.92 Å². The van der Waals surface area contributed by atoms with Crippen LogP contribution in [0.5, 0.6) is 5.75 Å². The minimum Gasteiger partial charge on any atom is -0.494 e.